The molecule has 25 heavy (non-hydrogen) atoms. The smallest absolute Gasteiger partial charge is 0.318 e. The number of urea groups is 1. The molecule has 5 heteroatoms. The Hall–Kier alpha value is -1.52. The number of fused-ring (bicyclic) bond motifs is 1. The Kier molecular flexibility index (Phi) is 5.00. The fourth-order valence-electron chi connectivity index (χ4n) is 5.07. The molecule has 0 radical (unpaired) electrons. The normalized spacial score (nSPS) is 21.5. The van der Waals surface area contributed by atoms with E-state index in [0.717, 1.165) is 44.2 Å². The SMILES string of the molecule is Cn1nc(CN(C(=O)NC2CCCCC2)C2CCCC2)c2c1CCC2. The zero-order chi connectivity index (χ0) is 17.2. The van der Waals surface area contributed by atoms with Gasteiger partial charge >= 0.3 is 6.03 Å². The Morgan fingerprint density at radius 3 is 2.56 bits per heavy atom. The summed E-state index contributed by atoms with van der Waals surface area (Å²) in [6.07, 6.45) is 14.4. The van der Waals surface area contributed by atoms with Gasteiger partial charge in [0.05, 0.1) is 12.2 Å². The van der Waals surface area contributed by atoms with Gasteiger partial charge in [-0.05, 0) is 50.5 Å². The fraction of sp³-hybridized carbons (Fsp3) is 0.800. The molecule has 1 aromatic rings. The van der Waals surface area contributed by atoms with Gasteiger partial charge in [-0.3, -0.25) is 4.68 Å². The second kappa shape index (κ2) is 7.38. The van der Waals surface area contributed by atoms with E-state index in [2.05, 4.69) is 17.3 Å². The first kappa shape index (κ1) is 16.9. The summed E-state index contributed by atoms with van der Waals surface area (Å²) in [5.74, 6) is 0. The molecule has 0 aliphatic heterocycles. The van der Waals surface area contributed by atoms with E-state index in [0.29, 0.717) is 18.6 Å². The van der Waals surface area contributed by atoms with Crippen LogP contribution in [0.25, 0.3) is 0 Å². The molecule has 0 spiro atoms. The Labute approximate surface area is 151 Å². The topological polar surface area (TPSA) is 50.2 Å². The molecule has 1 aromatic heterocycles. The van der Waals surface area contributed by atoms with E-state index in [1.165, 1.54) is 49.8 Å². The number of carbonyl (C=O) groups is 1. The second-order valence-corrected chi connectivity index (χ2v) is 8.20. The van der Waals surface area contributed by atoms with Crippen LogP contribution in [0, 0.1) is 0 Å². The summed E-state index contributed by atoms with van der Waals surface area (Å²) in [4.78, 5) is 15.2. The highest BCUT2D eigenvalue weighted by molar-refractivity contribution is 5.75. The van der Waals surface area contributed by atoms with Gasteiger partial charge in [-0.1, -0.05) is 32.1 Å². The number of hydrogen-bond donors (Lipinski definition) is 1. The first-order valence-corrected chi connectivity index (χ1v) is 10.3. The van der Waals surface area contributed by atoms with Gasteiger partial charge in [0.15, 0.2) is 0 Å². The van der Waals surface area contributed by atoms with Gasteiger partial charge in [0.2, 0.25) is 0 Å². The molecule has 3 aliphatic carbocycles. The third kappa shape index (κ3) is 3.56. The second-order valence-electron chi connectivity index (χ2n) is 8.20. The zero-order valence-corrected chi connectivity index (χ0v) is 15.6. The van der Waals surface area contributed by atoms with Crippen LogP contribution in [0.4, 0.5) is 4.79 Å². The number of rotatable bonds is 4. The number of carbonyl (C=O) groups excluding carboxylic acids is 1. The third-order valence-electron chi connectivity index (χ3n) is 6.48. The first-order valence-electron chi connectivity index (χ1n) is 10.3. The number of nitrogens with zero attached hydrogens (tertiary/aromatic N) is 3. The van der Waals surface area contributed by atoms with Crippen LogP contribution in [-0.4, -0.2) is 32.8 Å². The van der Waals surface area contributed by atoms with E-state index < -0.39 is 0 Å². The monoisotopic (exact) mass is 344 g/mol. The predicted octanol–water partition coefficient (Wildman–Crippen LogP) is 3.70. The Morgan fingerprint density at radius 2 is 1.80 bits per heavy atom. The van der Waals surface area contributed by atoms with Crippen LogP contribution >= 0.6 is 0 Å². The molecular weight excluding hydrogens is 312 g/mol. The molecule has 1 heterocycles. The van der Waals surface area contributed by atoms with Gasteiger partial charge in [-0.15, -0.1) is 0 Å². The highest BCUT2D eigenvalue weighted by Gasteiger charge is 2.31. The van der Waals surface area contributed by atoms with E-state index in [1.807, 2.05) is 4.68 Å². The summed E-state index contributed by atoms with van der Waals surface area (Å²) in [6, 6.07) is 0.915. The van der Waals surface area contributed by atoms with Crippen LogP contribution in [0.5, 0.6) is 0 Å². The Balaban J connectivity index is 1.50. The molecule has 4 rings (SSSR count). The molecule has 3 aliphatic rings. The summed E-state index contributed by atoms with van der Waals surface area (Å²) < 4.78 is 2.05. The van der Waals surface area contributed by atoms with Crippen molar-refractivity contribution >= 4 is 6.03 Å². The van der Waals surface area contributed by atoms with Gasteiger partial charge < -0.3 is 10.2 Å². The molecular formula is C20H32N4O. The molecule has 138 valence electrons. The minimum Gasteiger partial charge on any atom is -0.335 e. The maximum atomic E-state index is 13.1. The number of nitrogens with one attached hydrogen (secondary N) is 1. The van der Waals surface area contributed by atoms with Crippen LogP contribution in [-0.2, 0) is 26.4 Å². The quantitative estimate of drug-likeness (QED) is 0.905. The summed E-state index contributed by atoms with van der Waals surface area (Å²) in [7, 11) is 2.05. The predicted molar refractivity (Wildman–Crippen MR) is 98.4 cm³/mol. The van der Waals surface area contributed by atoms with Gasteiger partial charge in [0, 0.05) is 24.8 Å². The van der Waals surface area contributed by atoms with Crippen molar-refractivity contribution < 1.29 is 4.79 Å². The van der Waals surface area contributed by atoms with Crippen molar-refractivity contribution in [2.45, 2.75) is 95.7 Å². The van der Waals surface area contributed by atoms with E-state index in [1.54, 1.807) is 0 Å². The third-order valence-corrected chi connectivity index (χ3v) is 6.48. The van der Waals surface area contributed by atoms with Gasteiger partial charge in [0.1, 0.15) is 0 Å². The standard InChI is InChI=1S/C20H32N4O/c1-23-19-13-7-12-17(19)18(22-23)14-24(16-10-5-6-11-16)20(25)21-15-8-3-2-4-9-15/h15-16H,2-14H2,1H3,(H,21,25). The van der Waals surface area contributed by atoms with Crippen LogP contribution in [0.15, 0.2) is 0 Å². The average molecular weight is 345 g/mol. The minimum atomic E-state index is 0.149. The van der Waals surface area contributed by atoms with Crippen molar-refractivity contribution in [2.75, 3.05) is 0 Å². The maximum absolute atomic E-state index is 13.1. The molecule has 0 aromatic carbocycles. The van der Waals surface area contributed by atoms with Crippen molar-refractivity contribution in [3.05, 3.63) is 17.0 Å². The van der Waals surface area contributed by atoms with E-state index in [4.69, 9.17) is 5.10 Å². The summed E-state index contributed by atoms with van der Waals surface area (Å²) >= 11 is 0. The van der Waals surface area contributed by atoms with Gasteiger partial charge in [-0.25, -0.2) is 4.79 Å². The molecule has 5 nitrogen and oxygen atoms in total. The number of aryl methyl sites for hydroxylation is 1. The van der Waals surface area contributed by atoms with E-state index >= 15 is 0 Å². The lowest BCUT2D eigenvalue weighted by atomic mass is 9.96. The molecule has 2 saturated carbocycles. The van der Waals surface area contributed by atoms with Gasteiger partial charge in [-0.2, -0.15) is 5.10 Å². The Morgan fingerprint density at radius 1 is 1.08 bits per heavy atom. The number of hydrogen-bond acceptors (Lipinski definition) is 2. The molecule has 0 atom stereocenters. The lowest BCUT2D eigenvalue weighted by Gasteiger charge is -2.32. The summed E-state index contributed by atoms with van der Waals surface area (Å²) in [5, 5.41) is 8.11. The molecule has 0 bridgehead atoms. The highest BCUT2D eigenvalue weighted by Crippen LogP contribution is 2.29. The van der Waals surface area contributed by atoms with Crippen LogP contribution in [0.1, 0.15) is 81.2 Å². The lowest BCUT2D eigenvalue weighted by Crippen LogP contribution is -2.48. The van der Waals surface area contributed by atoms with E-state index in [9.17, 15) is 4.79 Å². The molecule has 0 saturated heterocycles. The number of amides is 2. The van der Waals surface area contributed by atoms with Crippen LogP contribution in [0.2, 0.25) is 0 Å². The van der Waals surface area contributed by atoms with Crippen LogP contribution in [0.3, 0.4) is 0 Å². The van der Waals surface area contributed by atoms with Crippen molar-refractivity contribution in [1.29, 1.82) is 0 Å². The van der Waals surface area contributed by atoms with Crippen LogP contribution < -0.4 is 5.32 Å². The molecule has 1 N–H and O–H groups in total. The van der Waals surface area contributed by atoms with Crippen molar-refractivity contribution in [1.82, 2.24) is 20.0 Å². The average Bonchev–Trinajstić information content (AvgIpc) is 3.34. The fourth-order valence-corrected chi connectivity index (χ4v) is 5.07. The number of aromatic nitrogens is 2. The summed E-state index contributed by atoms with van der Waals surface area (Å²) in [6.45, 7) is 0.687. The largest absolute Gasteiger partial charge is 0.335 e. The van der Waals surface area contributed by atoms with Gasteiger partial charge in [0.25, 0.3) is 0 Å². The zero-order valence-electron chi connectivity index (χ0n) is 15.6. The molecule has 2 amide bonds. The maximum Gasteiger partial charge on any atom is 0.318 e. The molecule has 0 unspecified atom stereocenters. The lowest BCUT2D eigenvalue weighted by molar-refractivity contribution is 0.163. The van der Waals surface area contributed by atoms with Crippen molar-refractivity contribution in [3.8, 4) is 0 Å². The summed E-state index contributed by atoms with van der Waals surface area (Å²) in [5.41, 5.74) is 3.94. The minimum absolute atomic E-state index is 0.149. The van der Waals surface area contributed by atoms with Crippen molar-refractivity contribution in [3.63, 3.8) is 0 Å². The van der Waals surface area contributed by atoms with E-state index in [-0.39, 0.29) is 6.03 Å². The molecule has 2 fully saturated rings. The highest BCUT2D eigenvalue weighted by atomic mass is 16.2. The Bertz CT molecular complexity index is 611. The first-order chi connectivity index (χ1) is 12.2. The van der Waals surface area contributed by atoms with Crippen molar-refractivity contribution in [2.24, 2.45) is 7.05 Å².